The molecule has 2 saturated heterocycles. The molecule has 4 nitrogen and oxygen atoms in total. The normalized spacial score (nSPS) is 26.4. The van der Waals surface area contributed by atoms with Gasteiger partial charge in [0.15, 0.2) is 0 Å². The number of nitrogens with zero attached hydrogens (tertiary/aromatic N) is 1. The van der Waals surface area contributed by atoms with Gasteiger partial charge in [0.05, 0.1) is 5.92 Å². The number of piperidine rings is 1. The van der Waals surface area contributed by atoms with Crippen LogP contribution in [-0.2, 0) is 17.9 Å². The van der Waals surface area contributed by atoms with Gasteiger partial charge in [-0.1, -0.05) is 6.07 Å². The number of nitrogens with two attached hydrogens (primary N) is 1. The molecule has 0 spiro atoms. The average Bonchev–Trinajstić information content (AvgIpc) is 2.81. The summed E-state index contributed by atoms with van der Waals surface area (Å²) in [4.78, 5) is 14.0. The molecule has 0 radical (unpaired) electrons. The Bertz CT molecular complexity index is 520. The van der Waals surface area contributed by atoms with Gasteiger partial charge in [-0.3, -0.25) is 9.69 Å². The lowest BCUT2D eigenvalue weighted by atomic mass is 9.91. The third-order valence-electron chi connectivity index (χ3n) is 4.35. The molecule has 2 atom stereocenters. The van der Waals surface area contributed by atoms with Gasteiger partial charge in [0.1, 0.15) is 5.82 Å². The molecule has 20 heavy (non-hydrogen) atoms. The number of likely N-dealkylation sites (tertiary alicyclic amines) is 1. The van der Waals surface area contributed by atoms with Crippen LogP contribution in [0, 0.1) is 11.7 Å². The fraction of sp³-hybridized carbons (Fsp3) is 0.533. The van der Waals surface area contributed by atoms with Crippen LogP contribution < -0.4 is 11.1 Å². The van der Waals surface area contributed by atoms with Crippen molar-refractivity contribution in [2.75, 3.05) is 13.1 Å². The molecule has 1 aromatic carbocycles. The quantitative estimate of drug-likeness (QED) is 0.866. The van der Waals surface area contributed by atoms with E-state index in [1.807, 2.05) is 6.07 Å². The second kappa shape index (κ2) is 5.50. The molecule has 2 aliphatic heterocycles. The molecule has 3 rings (SSSR count). The van der Waals surface area contributed by atoms with E-state index in [1.54, 1.807) is 6.07 Å². The van der Waals surface area contributed by atoms with Crippen molar-refractivity contribution in [1.82, 2.24) is 10.2 Å². The van der Waals surface area contributed by atoms with Gasteiger partial charge in [0.2, 0.25) is 5.91 Å². The maximum absolute atomic E-state index is 13.6. The Hall–Kier alpha value is -1.46. The van der Waals surface area contributed by atoms with E-state index < -0.39 is 0 Å². The van der Waals surface area contributed by atoms with Crippen LogP contribution in [0.2, 0.25) is 0 Å². The van der Waals surface area contributed by atoms with Gasteiger partial charge in [0, 0.05) is 25.7 Å². The van der Waals surface area contributed by atoms with Crippen LogP contribution in [-0.4, -0.2) is 29.9 Å². The summed E-state index contributed by atoms with van der Waals surface area (Å²) in [6, 6.07) is 5.24. The Morgan fingerprint density at radius 3 is 2.95 bits per heavy atom. The molecule has 108 valence electrons. The van der Waals surface area contributed by atoms with E-state index in [-0.39, 0.29) is 23.7 Å². The number of carbonyl (C=O) groups is 1. The van der Waals surface area contributed by atoms with Gasteiger partial charge in [-0.15, -0.1) is 0 Å². The number of benzene rings is 1. The Kier molecular flexibility index (Phi) is 3.72. The largest absolute Gasteiger partial charge is 0.354 e. The molecule has 3 N–H and O–H groups in total. The second-order valence-electron chi connectivity index (χ2n) is 5.70. The summed E-state index contributed by atoms with van der Waals surface area (Å²) in [5.41, 5.74) is 7.34. The summed E-state index contributed by atoms with van der Waals surface area (Å²) in [6.45, 7) is 2.70. The topological polar surface area (TPSA) is 58.4 Å². The summed E-state index contributed by atoms with van der Waals surface area (Å²) in [5.74, 6) is 0.0324. The van der Waals surface area contributed by atoms with Gasteiger partial charge >= 0.3 is 0 Å². The number of hydrogen-bond donors (Lipinski definition) is 2. The molecule has 2 aliphatic rings. The van der Waals surface area contributed by atoms with Crippen molar-refractivity contribution in [2.24, 2.45) is 11.7 Å². The Balaban J connectivity index is 1.77. The fourth-order valence-corrected chi connectivity index (χ4v) is 3.40. The van der Waals surface area contributed by atoms with Crippen LogP contribution in [0.25, 0.3) is 0 Å². The van der Waals surface area contributed by atoms with Gasteiger partial charge in [-0.25, -0.2) is 4.39 Å². The van der Waals surface area contributed by atoms with E-state index in [4.69, 9.17) is 5.73 Å². The first-order valence-electron chi connectivity index (χ1n) is 7.17. The summed E-state index contributed by atoms with van der Waals surface area (Å²) in [7, 11) is 0. The van der Waals surface area contributed by atoms with E-state index in [0.717, 1.165) is 30.5 Å². The minimum atomic E-state index is -0.239. The maximum atomic E-state index is 13.6. The van der Waals surface area contributed by atoms with Gasteiger partial charge in [-0.05, 0) is 42.6 Å². The molecule has 0 aromatic heterocycles. The van der Waals surface area contributed by atoms with Gasteiger partial charge in [0.25, 0.3) is 0 Å². The number of rotatable bonds is 3. The number of fused-ring (bicyclic) bond motifs is 1. The van der Waals surface area contributed by atoms with Crippen molar-refractivity contribution in [3.63, 3.8) is 0 Å². The highest BCUT2D eigenvalue weighted by Gasteiger charge is 2.40. The highest BCUT2D eigenvalue weighted by Crippen LogP contribution is 2.28. The van der Waals surface area contributed by atoms with Crippen LogP contribution in [0.1, 0.15) is 24.0 Å². The smallest absolute Gasteiger partial charge is 0.224 e. The zero-order chi connectivity index (χ0) is 14.1. The van der Waals surface area contributed by atoms with Crippen LogP contribution in [0.4, 0.5) is 4.39 Å². The van der Waals surface area contributed by atoms with Crippen molar-refractivity contribution < 1.29 is 9.18 Å². The monoisotopic (exact) mass is 277 g/mol. The second-order valence-corrected chi connectivity index (χ2v) is 5.70. The molecular weight excluding hydrogens is 257 g/mol. The third kappa shape index (κ3) is 2.55. The Morgan fingerprint density at radius 2 is 2.15 bits per heavy atom. The summed E-state index contributed by atoms with van der Waals surface area (Å²) in [5, 5.41) is 2.94. The lowest BCUT2D eigenvalue weighted by Gasteiger charge is -2.35. The standard InChI is InChI=1S/C15H20FN3O/c16-12-5-10(7-17)4-11(6-12)9-19-3-1-2-13-14(19)8-18-15(13)20/h4-6,13-14H,1-3,7-9,17H2,(H,18,20). The van der Waals surface area contributed by atoms with Gasteiger partial charge < -0.3 is 11.1 Å². The van der Waals surface area contributed by atoms with Crippen molar-refractivity contribution in [3.05, 3.63) is 35.1 Å². The van der Waals surface area contributed by atoms with Crippen molar-refractivity contribution in [2.45, 2.75) is 32.0 Å². The summed E-state index contributed by atoms with van der Waals surface area (Å²) in [6.07, 6.45) is 1.98. The zero-order valence-corrected chi connectivity index (χ0v) is 11.4. The van der Waals surface area contributed by atoms with Crippen LogP contribution >= 0.6 is 0 Å². The maximum Gasteiger partial charge on any atom is 0.224 e. The van der Waals surface area contributed by atoms with Crippen molar-refractivity contribution in [3.8, 4) is 0 Å². The Labute approximate surface area is 118 Å². The van der Waals surface area contributed by atoms with Crippen molar-refractivity contribution in [1.29, 1.82) is 0 Å². The van der Waals surface area contributed by atoms with Crippen molar-refractivity contribution >= 4 is 5.91 Å². The lowest BCUT2D eigenvalue weighted by Crippen LogP contribution is -2.44. The number of hydrogen-bond acceptors (Lipinski definition) is 3. The number of nitrogens with one attached hydrogen (secondary N) is 1. The highest BCUT2D eigenvalue weighted by atomic mass is 19.1. The minimum Gasteiger partial charge on any atom is -0.354 e. The summed E-state index contributed by atoms with van der Waals surface area (Å²) < 4.78 is 13.6. The lowest BCUT2D eigenvalue weighted by molar-refractivity contribution is -0.124. The predicted octanol–water partition coefficient (Wildman–Crippen LogP) is 0.995. The Morgan fingerprint density at radius 1 is 1.35 bits per heavy atom. The van der Waals surface area contributed by atoms with E-state index in [2.05, 4.69) is 10.2 Å². The molecule has 1 aromatic rings. The van der Waals surface area contributed by atoms with E-state index >= 15 is 0 Å². The molecule has 0 aliphatic carbocycles. The highest BCUT2D eigenvalue weighted by molar-refractivity contribution is 5.82. The van der Waals surface area contributed by atoms with E-state index in [0.29, 0.717) is 19.6 Å². The van der Waals surface area contributed by atoms with Crippen LogP contribution in [0.5, 0.6) is 0 Å². The SMILES string of the molecule is NCc1cc(F)cc(CN2CCCC3C(=O)NCC32)c1. The zero-order valence-electron chi connectivity index (χ0n) is 11.4. The fourth-order valence-electron chi connectivity index (χ4n) is 3.40. The molecule has 0 saturated carbocycles. The summed E-state index contributed by atoms with van der Waals surface area (Å²) >= 11 is 0. The minimum absolute atomic E-state index is 0.103. The molecule has 2 fully saturated rings. The molecular formula is C15H20FN3O. The first-order valence-corrected chi connectivity index (χ1v) is 7.17. The molecule has 0 bridgehead atoms. The number of carbonyl (C=O) groups excluding carboxylic acids is 1. The van der Waals surface area contributed by atoms with Crippen LogP contribution in [0.15, 0.2) is 18.2 Å². The predicted molar refractivity (Wildman–Crippen MR) is 74.2 cm³/mol. The molecule has 2 unspecified atom stereocenters. The number of amides is 1. The molecule has 2 heterocycles. The van der Waals surface area contributed by atoms with E-state index in [1.165, 1.54) is 6.07 Å². The molecule has 1 amide bonds. The average molecular weight is 277 g/mol. The van der Waals surface area contributed by atoms with Crippen LogP contribution in [0.3, 0.4) is 0 Å². The van der Waals surface area contributed by atoms with Gasteiger partial charge in [-0.2, -0.15) is 0 Å². The first-order chi connectivity index (χ1) is 9.67. The van der Waals surface area contributed by atoms with E-state index in [9.17, 15) is 9.18 Å². The first kappa shape index (κ1) is 13.5. The third-order valence-corrected chi connectivity index (χ3v) is 4.35. The molecule has 5 heteroatoms. The number of halogens is 1.